The van der Waals surface area contributed by atoms with Crippen molar-refractivity contribution in [2.45, 2.75) is 46.1 Å². The Hall–Kier alpha value is -1.61. The molecule has 1 aromatic heterocycles. The average molecular weight is 285 g/mol. The first-order valence-corrected chi connectivity index (χ1v) is 7.98. The number of nitrogens with zero attached hydrogens (tertiary/aromatic N) is 2. The van der Waals surface area contributed by atoms with Gasteiger partial charge in [0.05, 0.1) is 6.33 Å². The Balaban J connectivity index is 1.79. The lowest BCUT2D eigenvalue weighted by Crippen LogP contribution is -2.19. The van der Waals surface area contributed by atoms with Crippen LogP contribution in [0.25, 0.3) is 5.69 Å². The van der Waals surface area contributed by atoms with Gasteiger partial charge in [-0.25, -0.2) is 4.98 Å². The second kappa shape index (κ2) is 7.99. The van der Waals surface area contributed by atoms with Gasteiger partial charge in [0.1, 0.15) is 0 Å². The Morgan fingerprint density at radius 2 is 1.86 bits per heavy atom. The zero-order valence-electron chi connectivity index (χ0n) is 13.4. The highest BCUT2D eigenvalue weighted by molar-refractivity contribution is 5.35. The van der Waals surface area contributed by atoms with Gasteiger partial charge < -0.3 is 9.88 Å². The van der Waals surface area contributed by atoms with Crippen LogP contribution in [-0.2, 0) is 0 Å². The molecule has 1 aromatic carbocycles. The number of aromatic nitrogens is 2. The van der Waals surface area contributed by atoms with Crippen LogP contribution < -0.4 is 5.32 Å². The molecule has 21 heavy (non-hydrogen) atoms. The first kappa shape index (κ1) is 15.8. The Morgan fingerprint density at radius 1 is 1.10 bits per heavy atom. The van der Waals surface area contributed by atoms with E-state index in [2.05, 4.69) is 55.3 Å². The largest absolute Gasteiger partial charge is 0.310 e. The zero-order valence-corrected chi connectivity index (χ0v) is 13.4. The highest BCUT2D eigenvalue weighted by atomic mass is 15.0. The van der Waals surface area contributed by atoms with Crippen molar-refractivity contribution in [3.05, 3.63) is 48.5 Å². The predicted octanol–water partition coefficient (Wildman–Crippen LogP) is 4.35. The summed E-state index contributed by atoms with van der Waals surface area (Å²) in [5.74, 6) is 0.818. The quantitative estimate of drug-likeness (QED) is 0.731. The zero-order chi connectivity index (χ0) is 15.1. The molecule has 2 rings (SSSR count). The standard InChI is InChI=1S/C18H27N3/c1-15(2)6-4-5-11-20-16(3)17-7-9-18(10-8-17)21-13-12-19-14-21/h7-10,12-16,20H,4-6,11H2,1-3H3. The van der Waals surface area contributed by atoms with Crippen molar-refractivity contribution in [3.8, 4) is 5.69 Å². The van der Waals surface area contributed by atoms with Crippen molar-refractivity contribution in [1.82, 2.24) is 14.9 Å². The summed E-state index contributed by atoms with van der Waals surface area (Å²) in [6.45, 7) is 7.90. The van der Waals surface area contributed by atoms with Gasteiger partial charge in [0.2, 0.25) is 0 Å². The Kier molecular flexibility index (Phi) is 6.00. The Labute approximate surface area is 128 Å². The molecule has 1 heterocycles. The number of hydrogen-bond donors (Lipinski definition) is 1. The molecule has 0 spiro atoms. The molecule has 114 valence electrons. The van der Waals surface area contributed by atoms with Gasteiger partial charge in [0.25, 0.3) is 0 Å². The molecule has 1 N–H and O–H groups in total. The molecule has 0 aliphatic heterocycles. The molecule has 0 amide bonds. The molecule has 0 saturated heterocycles. The van der Waals surface area contributed by atoms with Crippen molar-refractivity contribution in [1.29, 1.82) is 0 Å². The van der Waals surface area contributed by atoms with Crippen LogP contribution >= 0.6 is 0 Å². The molecule has 1 unspecified atom stereocenters. The van der Waals surface area contributed by atoms with E-state index in [4.69, 9.17) is 0 Å². The first-order chi connectivity index (χ1) is 10.2. The maximum absolute atomic E-state index is 4.08. The van der Waals surface area contributed by atoms with Gasteiger partial charge in [-0.05, 0) is 43.5 Å². The maximum atomic E-state index is 4.08. The molecule has 3 nitrogen and oxygen atoms in total. The second-order valence-electron chi connectivity index (χ2n) is 6.13. The number of rotatable bonds is 8. The van der Waals surface area contributed by atoms with E-state index in [-0.39, 0.29) is 0 Å². The second-order valence-corrected chi connectivity index (χ2v) is 6.13. The third-order valence-corrected chi connectivity index (χ3v) is 3.85. The van der Waals surface area contributed by atoms with E-state index >= 15 is 0 Å². The van der Waals surface area contributed by atoms with E-state index in [1.807, 2.05) is 17.1 Å². The van der Waals surface area contributed by atoms with Gasteiger partial charge in [-0.15, -0.1) is 0 Å². The summed E-state index contributed by atoms with van der Waals surface area (Å²) >= 11 is 0. The van der Waals surface area contributed by atoms with E-state index in [1.165, 1.54) is 24.8 Å². The molecule has 0 saturated carbocycles. The van der Waals surface area contributed by atoms with Crippen LogP contribution in [0.15, 0.2) is 43.0 Å². The number of benzene rings is 1. The summed E-state index contributed by atoms with van der Waals surface area (Å²) in [6.07, 6.45) is 9.49. The van der Waals surface area contributed by atoms with Gasteiger partial charge in [-0.3, -0.25) is 0 Å². The van der Waals surface area contributed by atoms with Gasteiger partial charge in [0.15, 0.2) is 0 Å². The lowest BCUT2D eigenvalue weighted by Gasteiger charge is -2.15. The van der Waals surface area contributed by atoms with E-state index in [1.54, 1.807) is 6.20 Å². The van der Waals surface area contributed by atoms with Gasteiger partial charge in [-0.1, -0.05) is 38.8 Å². The summed E-state index contributed by atoms with van der Waals surface area (Å²) in [5.41, 5.74) is 2.49. The van der Waals surface area contributed by atoms with Crippen molar-refractivity contribution in [2.75, 3.05) is 6.54 Å². The van der Waals surface area contributed by atoms with Crippen molar-refractivity contribution >= 4 is 0 Å². The fourth-order valence-electron chi connectivity index (χ4n) is 2.46. The molecular weight excluding hydrogens is 258 g/mol. The molecular formula is C18H27N3. The third kappa shape index (κ3) is 5.01. The topological polar surface area (TPSA) is 29.9 Å². The van der Waals surface area contributed by atoms with E-state index in [0.717, 1.165) is 18.2 Å². The average Bonchev–Trinajstić information content (AvgIpc) is 3.01. The van der Waals surface area contributed by atoms with Crippen LogP contribution in [0.5, 0.6) is 0 Å². The highest BCUT2D eigenvalue weighted by Crippen LogP contribution is 2.16. The fourth-order valence-corrected chi connectivity index (χ4v) is 2.46. The monoisotopic (exact) mass is 285 g/mol. The minimum absolute atomic E-state index is 0.404. The molecule has 0 fully saturated rings. The number of unbranched alkanes of at least 4 members (excludes halogenated alkanes) is 1. The summed E-state index contributed by atoms with van der Waals surface area (Å²) in [6, 6.07) is 9.09. The fraction of sp³-hybridized carbons (Fsp3) is 0.500. The molecule has 0 bridgehead atoms. The normalized spacial score (nSPS) is 12.8. The maximum Gasteiger partial charge on any atom is 0.0991 e. The molecule has 0 radical (unpaired) electrons. The highest BCUT2D eigenvalue weighted by Gasteiger charge is 2.05. The van der Waals surface area contributed by atoms with Crippen molar-refractivity contribution in [3.63, 3.8) is 0 Å². The van der Waals surface area contributed by atoms with Crippen molar-refractivity contribution in [2.24, 2.45) is 5.92 Å². The smallest absolute Gasteiger partial charge is 0.0991 e. The van der Waals surface area contributed by atoms with E-state index in [0.29, 0.717) is 6.04 Å². The molecule has 3 heteroatoms. The molecule has 2 aromatic rings. The van der Waals surface area contributed by atoms with Crippen LogP contribution in [0, 0.1) is 5.92 Å². The lowest BCUT2D eigenvalue weighted by molar-refractivity contribution is 0.498. The Morgan fingerprint density at radius 3 is 2.48 bits per heavy atom. The van der Waals surface area contributed by atoms with Gasteiger partial charge in [0, 0.05) is 24.1 Å². The van der Waals surface area contributed by atoms with Crippen LogP contribution in [0.2, 0.25) is 0 Å². The minimum atomic E-state index is 0.404. The number of nitrogens with one attached hydrogen (secondary N) is 1. The number of hydrogen-bond acceptors (Lipinski definition) is 2. The van der Waals surface area contributed by atoms with Crippen LogP contribution in [0.3, 0.4) is 0 Å². The molecule has 0 aliphatic rings. The Bertz CT molecular complexity index is 500. The minimum Gasteiger partial charge on any atom is -0.310 e. The van der Waals surface area contributed by atoms with E-state index in [9.17, 15) is 0 Å². The summed E-state index contributed by atoms with van der Waals surface area (Å²) in [4.78, 5) is 4.08. The van der Waals surface area contributed by atoms with Gasteiger partial charge in [-0.2, -0.15) is 0 Å². The third-order valence-electron chi connectivity index (χ3n) is 3.85. The van der Waals surface area contributed by atoms with Crippen molar-refractivity contribution < 1.29 is 0 Å². The SMILES string of the molecule is CC(C)CCCCNC(C)c1ccc(-n2ccnc2)cc1. The molecule has 0 aliphatic carbocycles. The number of imidazole rings is 1. The van der Waals surface area contributed by atoms with Gasteiger partial charge >= 0.3 is 0 Å². The summed E-state index contributed by atoms with van der Waals surface area (Å²) in [5, 5.41) is 3.61. The first-order valence-electron chi connectivity index (χ1n) is 7.98. The predicted molar refractivity (Wildman–Crippen MR) is 88.7 cm³/mol. The lowest BCUT2D eigenvalue weighted by atomic mass is 10.1. The van der Waals surface area contributed by atoms with Crippen LogP contribution in [0.1, 0.15) is 51.6 Å². The van der Waals surface area contributed by atoms with E-state index < -0.39 is 0 Å². The van der Waals surface area contributed by atoms with Crippen LogP contribution in [0.4, 0.5) is 0 Å². The molecule has 1 atom stereocenters. The summed E-state index contributed by atoms with van der Waals surface area (Å²) in [7, 11) is 0. The summed E-state index contributed by atoms with van der Waals surface area (Å²) < 4.78 is 2.02. The van der Waals surface area contributed by atoms with Crippen LogP contribution in [-0.4, -0.2) is 16.1 Å².